The highest BCUT2D eigenvalue weighted by molar-refractivity contribution is 7.98. The van der Waals surface area contributed by atoms with Gasteiger partial charge in [0.15, 0.2) is 0 Å². The van der Waals surface area contributed by atoms with Gasteiger partial charge in [0.25, 0.3) is 0 Å². The molecule has 1 aromatic carbocycles. The van der Waals surface area contributed by atoms with Gasteiger partial charge in [-0.25, -0.2) is 4.98 Å². The van der Waals surface area contributed by atoms with Gasteiger partial charge in [0.05, 0.1) is 0 Å². The van der Waals surface area contributed by atoms with Crippen LogP contribution in [-0.2, 0) is 5.75 Å². The standard InChI is InChI=1S/C15H18N2S/c1-11-6-3-4-7-13(11)10-18-15-14(12(2)16)8-5-9-17-15/h3-9,12H,10,16H2,1-2H3/t12-/m1/s1. The van der Waals surface area contributed by atoms with E-state index in [-0.39, 0.29) is 6.04 Å². The van der Waals surface area contributed by atoms with Crippen LogP contribution in [0.25, 0.3) is 0 Å². The highest BCUT2D eigenvalue weighted by atomic mass is 32.2. The smallest absolute Gasteiger partial charge is 0.101 e. The minimum Gasteiger partial charge on any atom is -0.324 e. The fraction of sp³-hybridized carbons (Fsp3) is 0.267. The van der Waals surface area contributed by atoms with Gasteiger partial charge in [0.2, 0.25) is 0 Å². The molecule has 0 radical (unpaired) electrons. The van der Waals surface area contributed by atoms with E-state index in [1.54, 1.807) is 11.8 Å². The molecule has 0 bridgehead atoms. The number of benzene rings is 1. The predicted molar refractivity (Wildman–Crippen MR) is 77.6 cm³/mol. The summed E-state index contributed by atoms with van der Waals surface area (Å²) < 4.78 is 0. The topological polar surface area (TPSA) is 38.9 Å². The van der Waals surface area contributed by atoms with Crippen molar-refractivity contribution in [3.63, 3.8) is 0 Å². The van der Waals surface area contributed by atoms with Crippen LogP contribution in [0.15, 0.2) is 47.6 Å². The van der Waals surface area contributed by atoms with Crippen molar-refractivity contribution in [2.24, 2.45) is 5.73 Å². The molecule has 2 nitrogen and oxygen atoms in total. The first kappa shape index (κ1) is 13.1. The molecule has 18 heavy (non-hydrogen) atoms. The van der Waals surface area contributed by atoms with Crippen molar-refractivity contribution in [3.05, 3.63) is 59.3 Å². The number of aryl methyl sites for hydroxylation is 1. The largest absolute Gasteiger partial charge is 0.324 e. The first-order valence-electron chi connectivity index (χ1n) is 6.06. The molecule has 0 aliphatic rings. The van der Waals surface area contributed by atoms with Crippen LogP contribution < -0.4 is 5.73 Å². The third-order valence-corrected chi connectivity index (χ3v) is 3.99. The van der Waals surface area contributed by atoms with E-state index in [4.69, 9.17) is 5.73 Å². The molecule has 0 spiro atoms. The molecule has 0 fully saturated rings. The van der Waals surface area contributed by atoms with Gasteiger partial charge in [-0.2, -0.15) is 0 Å². The van der Waals surface area contributed by atoms with Crippen LogP contribution in [0.3, 0.4) is 0 Å². The lowest BCUT2D eigenvalue weighted by atomic mass is 10.1. The SMILES string of the molecule is Cc1ccccc1CSc1ncccc1[C@@H](C)N. The van der Waals surface area contributed by atoms with Gasteiger partial charge in [-0.05, 0) is 31.0 Å². The molecule has 1 atom stereocenters. The maximum atomic E-state index is 5.96. The minimum absolute atomic E-state index is 0.0260. The minimum atomic E-state index is 0.0260. The summed E-state index contributed by atoms with van der Waals surface area (Å²) in [5.41, 5.74) is 9.75. The van der Waals surface area contributed by atoms with Gasteiger partial charge in [0, 0.05) is 23.6 Å². The molecule has 1 aromatic heterocycles. The first-order valence-corrected chi connectivity index (χ1v) is 7.05. The predicted octanol–water partition coefficient (Wildman–Crippen LogP) is 3.70. The van der Waals surface area contributed by atoms with E-state index < -0.39 is 0 Å². The van der Waals surface area contributed by atoms with E-state index >= 15 is 0 Å². The van der Waals surface area contributed by atoms with Gasteiger partial charge in [-0.3, -0.25) is 0 Å². The molecule has 3 heteroatoms. The summed E-state index contributed by atoms with van der Waals surface area (Å²) in [5.74, 6) is 0.934. The van der Waals surface area contributed by atoms with E-state index in [2.05, 4.69) is 42.2 Å². The summed E-state index contributed by atoms with van der Waals surface area (Å²) in [5, 5.41) is 1.04. The van der Waals surface area contributed by atoms with Crippen molar-refractivity contribution in [3.8, 4) is 0 Å². The Kier molecular flexibility index (Phi) is 4.39. The van der Waals surface area contributed by atoms with E-state index in [0.717, 1.165) is 16.3 Å². The summed E-state index contributed by atoms with van der Waals surface area (Å²) in [4.78, 5) is 4.43. The van der Waals surface area contributed by atoms with E-state index in [9.17, 15) is 0 Å². The monoisotopic (exact) mass is 258 g/mol. The van der Waals surface area contributed by atoms with Crippen LogP contribution in [0.5, 0.6) is 0 Å². The Hall–Kier alpha value is -1.32. The Labute approximate surface area is 113 Å². The quantitative estimate of drug-likeness (QED) is 0.850. The Morgan fingerprint density at radius 2 is 2.00 bits per heavy atom. The average molecular weight is 258 g/mol. The second kappa shape index (κ2) is 6.03. The normalized spacial score (nSPS) is 12.4. The Morgan fingerprint density at radius 3 is 2.72 bits per heavy atom. The zero-order valence-corrected chi connectivity index (χ0v) is 11.6. The molecular formula is C15H18N2S. The van der Waals surface area contributed by atoms with Gasteiger partial charge < -0.3 is 5.73 Å². The van der Waals surface area contributed by atoms with Gasteiger partial charge in [0.1, 0.15) is 5.03 Å². The molecular weight excluding hydrogens is 240 g/mol. The zero-order chi connectivity index (χ0) is 13.0. The third kappa shape index (κ3) is 3.12. The lowest BCUT2D eigenvalue weighted by Crippen LogP contribution is -2.07. The van der Waals surface area contributed by atoms with E-state index in [0.29, 0.717) is 0 Å². The molecule has 2 aromatic rings. The van der Waals surface area contributed by atoms with E-state index in [1.165, 1.54) is 11.1 Å². The van der Waals surface area contributed by atoms with Crippen LogP contribution in [0.2, 0.25) is 0 Å². The summed E-state index contributed by atoms with van der Waals surface area (Å²) in [6.45, 7) is 4.13. The summed E-state index contributed by atoms with van der Waals surface area (Å²) in [7, 11) is 0. The van der Waals surface area contributed by atoms with Gasteiger partial charge >= 0.3 is 0 Å². The number of thioether (sulfide) groups is 1. The number of hydrogen-bond acceptors (Lipinski definition) is 3. The number of nitrogens with two attached hydrogens (primary N) is 1. The maximum Gasteiger partial charge on any atom is 0.101 e. The Bertz CT molecular complexity index is 523. The summed E-state index contributed by atoms with van der Waals surface area (Å²) in [6, 6.07) is 12.5. The fourth-order valence-corrected chi connectivity index (χ4v) is 2.96. The maximum absolute atomic E-state index is 5.96. The fourth-order valence-electron chi connectivity index (χ4n) is 1.79. The molecule has 1 heterocycles. The van der Waals surface area contributed by atoms with Crippen LogP contribution in [0.4, 0.5) is 0 Å². The number of aromatic nitrogens is 1. The molecule has 0 saturated carbocycles. The van der Waals surface area contributed by atoms with Gasteiger partial charge in [-0.1, -0.05) is 30.3 Å². The van der Waals surface area contributed by atoms with E-state index in [1.807, 2.05) is 19.2 Å². The second-order valence-electron chi connectivity index (χ2n) is 4.40. The molecule has 0 saturated heterocycles. The van der Waals surface area contributed by atoms with Crippen molar-refractivity contribution < 1.29 is 0 Å². The van der Waals surface area contributed by atoms with Crippen molar-refractivity contribution in [2.75, 3.05) is 0 Å². The molecule has 0 unspecified atom stereocenters. The number of rotatable bonds is 4. The lowest BCUT2D eigenvalue weighted by Gasteiger charge is -2.11. The van der Waals surface area contributed by atoms with Crippen molar-refractivity contribution >= 4 is 11.8 Å². The average Bonchev–Trinajstić information content (AvgIpc) is 2.38. The highest BCUT2D eigenvalue weighted by Crippen LogP contribution is 2.27. The number of hydrogen-bond donors (Lipinski definition) is 1. The first-order chi connectivity index (χ1) is 8.68. The Morgan fingerprint density at radius 1 is 1.22 bits per heavy atom. The number of nitrogens with zero attached hydrogens (tertiary/aromatic N) is 1. The van der Waals surface area contributed by atoms with Crippen LogP contribution in [-0.4, -0.2) is 4.98 Å². The zero-order valence-electron chi connectivity index (χ0n) is 10.8. The van der Waals surface area contributed by atoms with Crippen LogP contribution in [0, 0.1) is 6.92 Å². The molecule has 2 N–H and O–H groups in total. The highest BCUT2D eigenvalue weighted by Gasteiger charge is 2.08. The summed E-state index contributed by atoms with van der Waals surface area (Å²) in [6.07, 6.45) is 1.83. The summed E-state index contributed by atoms with van der Waals surface area (Å²) >= 11 is 1.75. The van der Waals surface area contributed by atoms with Crippen molar-refractivity contribution in [2.45, 2.75) is 30.7 Å². The molecule has 0 aliphatic carbocycles. The molecule has 94 valence electrons. The molecule has 2 rings (SSSR count). The van der Waals surface area contributed by atoms with Crippen molar-refractivity contribution in [1.82, 2.24) is 4.98 Å². The third-order valence-electron chi connectivity index (χ3n) is 2.92. The Balaban J connectivity index is 2.14. The van der Waals surface area contributed by atoms with Crippen LogP contribution >= 0.6 is 11.8 Å². The second-order valence-corrected chi connectivity index (χ2v) is 5.37. The lowest BCUT2D eigenvalue weighted by molar-refractivity contribution is 0.779. The number of pyridine rings is 1. The van der Waals surface area contributed by atoms with Gasteiger partial charge in [-0.15, -0.1) is 11.8 Å². The molecule has 0 amide bonds. The molecule has 0 aliphatic heterocycles. The van der Waals surface area contributed by atoms with Crippen molar-refractivity contribution in [1.29, 1.82) is 0 Å². The van der Waals surface area contributed by atoms with Crippen LogP contribution in [0.1, 0.15) is 29.7 Å².